The van der Waals surface area contributed by atoms with Gasteiger partial charge >= 0.3 is 0 Å². The minimum atomic E-state index is -0.830. The normalized spacial score (nSPS) is 8.45. The second-order valence-corrected chi connectivity index (χ2v) is 1.63. The maximum atomic E-state index is 12.4. The third-order valence-corrected chi connectivity index (χ3v) is 0.987. The van der Waals surface area contributed by atoms with Crippen molar-refractivity contribution in [2.45, 2.75) is 0 Å². The van der Waals surface area contributed by atoms with E-state index in [0.717, 1.165) is 12.1 Å². The van der Waals surface area contributed by atoms with Gasteiger partial charge in [0.05, 0.1) is 5.82 Å². The van der Waals surface area contributed by atoms with Crippen LogP contribution < -0.4 is 0 Å². The Balaban J connectivity index is 0.000001000. The summed E-state index contributed by atoms with van der Waals surface area (Å²) < 4.78 is 12.4. The molecule has 1 aromatic carbocycles. The van der Waals surface area contributed by atoms with E-state index in [9.17, 15) is 14.5 Å². The quantitative estimate of drug-likeness (QED) is 0.416. The summed E-state index contributed by atoms with van der Waals surface area (Å²) >= 11 is 0. The molecule has 0 atom stereocenters. The molecule has 1 aromatic rings. The molecule has 0 aliphatic heterocycles. The summed E-state index contributed by atoms with van der Waals surface area (Å²) in [6.45, 7) is 0. The first kappa shape index (κ1) is 10.7. The van der Waals surface area contributed by atoms with Crippen molar-refractivity contribution in [2.24, 2.45) is 0 Å². The van der Waals surface area contributed by atoms with Gasteiger partial charge in [0.2, 0.25) is 0 Å². The molecule has 0 unspecified atom stereocenters. The van der Waals surface area contributed by atoms with Crippen LogP contribution in [0, 0.1) is 22.0 Å². The van der Waals surface area contributed by atoms with Crippen molar-refractivity contribution >= 4 is 5.69 Å². The molecule has 0 amide bonds. The van der Waals surface area contributed by atoms with E-state index in [1.165, 1.54) is 6.07 Å². The molecule has 55 valence electrons. The Morgan fingerprint density at radius 3 is 2.64 bits per heavy atom. The molecule has 3 nitrogen and oxygen atoms in total. The summed E-state index contributed by atoms with van der Waals surface area (Å²) in [4.78, 5) is 9.18. The molecule has 1 radical (unpaired) electrons. The molecular weight excluding hydrogens is 226 g/mol. The van der Waals surface area contributed by atoms with E-state index in [2.05, 4.69) is 6.07 Å². The Bertz CT molecular complexity index is 267. The van der Waals surface area contributed by atoms with Crippen molar-refractivity contribution in [3.63, 3.8) is 0 Å². The zero-order chi connectivity index (χ0) is 7.56. The molecule has 0 aliphatic carbocycles. The van der Waals surface area contributed by atoms with Crippen molar-refractivity contribution in [3.05, 3.63) is 40.2 Å². The minimum Gasteiger partial charge on any atom is -0.270 e. The van der Waals surface area contributed by atoms with Crippen molar-refractivity contribution in [3.8, 4) is 0 Å². The number of hydrogen-bond donors (Lipinski definition) is 0. The van der Waals surface area contributed by atoms with Crippen LogP contribution in [0.25, 0.3) is 0 Å². The Kier molecular flexibility index (Phi) is 4.37. The maximum absolute atomic E-state index is 12.4. The first-order valence-corrected chi connectivity index (χ1v) is 2.52. The number of nitrogens with zero attached hydrogens (tertiary/aromatic N) is 1. The van der Waals surface area contributed by atoms with Gasteiger partial charge < -0.3 is 0 Å². The largest absolute Gasteiger partial charge is 0.270 e. The van der Waals surface area contributed by atoms with Gasteiger partial charge in [-0.3, -0.25) is 10.1 Å². The predicted molar refractivity (Wildman–Crippen MR) is 31.9 cm³/mol. The second kappa shape index (κ2) is 4.52. The predicted octanol–water partition coefficient (Wildman–Crippen LogP) is 1.53. The first-order valence-electron chi connectivity index (χ1n) is 2.52. The number of nitro benzene ring substituents is 1. The third-order valence-electron chi connectivity index (χ3n) is 0.987. The zero-order valence-electron chi connectivity index (χ0n) is 5.45. The molecular formula is C6H3FNO2Y-. The van der Waals surface area contributed by atoms with E-state index in [1.54, 1.807) is 0 Å². The summed E-state index contributed by atoms with van der Waals surface area (Å²) in [5.41, 5.74) is -0.539. The zero-order valence-corrected chi connectivity index (χ0v) is 8.29. The van der Waals surface area contributed by atoms with Crippen molar-refractivity contribution in [2.75, 3.05) is 0 Å². The van der Waals surface area contributed by atoms with Crippen LogP contribution in [0.15, 0.2) is 18.2 Å². The van der Waals surface area contributed by atoms with Crippen LogP contribution in [-0.2, 0) is 32.7 Å². The van der Waals surface area contributed by atoms with E-state index < -0.39 is 16.4 Å². The van der Waals surface area contributed by atoms with Crippen LogP contribution in [0.5, 0.6) is 0 Å². The standard InChI is InChI=1S/C6H3FNO2.Y/c7-5-3-1-2-4-6(5)8(9)10;/h1,3-4H;/q-1;. The minimum absolute atomic E-state index is 0. The molecule has 0 bridgehead atoms. The van der Waals surface area contributed by atoms with Gasteiger partial charge in [0.25, 0.3) is 0 Å². The molecule has 0 aromatic heterocycles. The van der Waals surface area contributed by atoms with Gasteiger partial charge in [0, 0.05) is 37.6 Å². The molecule has 5 heteroatoms. The van der Waals surface area contributed by atoms with E-state index in [-0.39, 0.29) is 32.7 Å². The second-order valence-electron chi connectivity index (χ2n) is 1.63. The fourth-order valence-electron chi connectivity index (χ4n) is 0.543. The average Bonchev–Trinajstić information content (AvgIpc) is 1.88. The van der Waals surface area contributed by atoms with Gasteiger partial charge in [-0.1, -0.05) is 6.07 Å². The fourth-order valence-corrected chi connectivity index (χ4v) is 0.543. The molecule has 0 N–H and O–H groups in total. The first-order chi connectivity index (χ1) is 4.72. The SMILES string of the molecule is O=[N+]([O-])c1c[c-]ccc1F.[Y]. The van der Waals surface area contributed by atoms with Gasteiger partial charge in [-0.05, 0) is 0 Å². The number of halogens is 1. The topological polar surface area (TPSA) is 43.1 Å². The Morgan fingerprint density at radius 2 is 2.27 bits per heavy atom. The molecule has 0 saturated carbocycles. The van der Waals surface area contributed by atoms with Gasteiger partial charge in [0.15, 0.2) is 5.69 Å². The van der Waals surface area contributed by atoms with Crippen LogP contribution in [0.3, 0.4) is 0 Å². The van der Waals surface area contributed by atoms with Crippen LogP contribution >= 0.6 is 0 Å². The Labute approximate surface area is 87.6 Å². The molecule has 0 fully saturated rings. The molecule has 0 aliphatic rings. The summed E-state index contributed by atoms with van der Waals surface area (Å²) in [5.74, 6) is -0.830. The summed E-state index contributed by atoms with van der Waals surface area (Å²) in [5, 5.41) is 9.97. The van der Waals surface area contributed by atoms with Crippen LogP contribution in [0.4, 0.5) is 10.1 Å². The van der Waals surface area contributed by atoms with Gasteiger partial charge in [-0.25, -0.2) is 4.39 Å². The summed E-state index contributed by atoms with van der Waals surface area (Å²) in [6, 6.07) is 5.68. The van der Waals surface area contributed by atoms with Crippen LogP contribution in [-0.4, -0.2) is 4.92 Å². The van der Waals surface area contributed by atoms with E-state index in [0.29, 0.717) is 0 Å². The van der Waals surface area contributed by atoms with Gasteiger partial charge in [-0.2, -0.15) is 12.1 Å². The van der Waals surface area contributed by atoms with E-state index in [4.69, 9.17) is 0 Å². The number of benzene rings is 1. The maximum Gasteiger partial charge on any atom is 0.197 e. The summed E-state index contributed by atoms with van der Waals surface area (Å²) in [7, 11) is 0. The Hall–Kier alpha value is -0.346. The van der Waals surface area contributed by atoms with Crippen molar-refractivity contribution in [1.82, 2.24) is 0 Å². The fraction of sp³-hybridized carbons (Fsp3) is 0. The van der Waals surface area contributed by atoms with E-state index >= 15 is 0 Å². The Morgan fingerprint density at radius 1 is 1.64 bits per heavy atom. The molecule has 0 spiro atoms. The summed E-state index contributed by atoms with van der Waals surface area (Å²) in [6.07, 6.45) is 0. The van der Waals surface area contributed by atoms with Crippen molar-refractivity contribution < 1.29 is 42.0 Å². The number of rotatable bonds is 1. The number of hydrogen-bond acceptors (Lipinski definition) is 2. The van der Waals surface area contributed by atoms with Crippen molar-refractivity contribution in [1.29, 1.82) is 0 Å². The third kappa shape index (κ3) is 2.63. The van der Waals surface area contributed by atoms with Gasteiger partial charge in [0.1, 0.15) is 0 Å². The monoisotopic (exact) mass is 229 g/mol. The molecule has 0 saturated heterocycles. The number of nitro groups is 1. The molecule has 0 heterocycles. The smallest absolute Gasteiger partial charge is 0.197 e. The molecule has 11 heavy (non-hydrogen) atoms. The van der Waals surface area contributed by atoms with E-state index in [1.807, 2.05) is 0 Å². The van der Waals surface area contributed by atoms with Gasteiger partial charge in [-0.15, -0.1) is 6.07 Å². The van der Waals surface area contributed by atoms with Crippen LogP contribution in [0.2, 0.25) is 0 Å². The average molecular weight is 229 g/mol. The van der Waals surface area contributed by atoms with Crippen LogP contribution in [0.1, 0.15) is 0 Å². The molecule has 1 rings (SSSR count).